The minimum Gasteiger partial charge on any atom is -0.497 e. The predicted molar refractivity (Wildman–Crippen MR) is 108 cm³/mol. The Morgan fingerprint density at radius 3 is 2.81 bits per heavy atom. The van der Waals surface area contributed by atoms with Gasteiger partial charge in [-0.25, -0.2) is 9.37 Å². The van der Waals surface area contributed by atoms with Crippen molar-refractivity contribution < 1.29 is 9.13 Å². The Kier molecular flexibility index (Phi) is 4.96. The number of aromatic nitrogens is 2. The van der Waals surface area contributed by atoms with Gasteiger partial charge in [0.1, 0.15) is 16.4 Å². The molecule has 4 aromatic rings. The summed E-state index contributed by atoms with van der Waals surface area (Å²) in [5, 5.41) is 3.00. The van der Waals surface area contributed by atoms with Gasteiger partial charge in [0.2, 0.25) is 0 Å². The quantitative estimate of drug-likeness (QED) is 0.376. The lowest BCUT2D eigenvalue weighted by atomic mass is 10.1. The average Bonchev–Trinajstić information content (AvgIpc) is 3.12. The monoisotopic (exact) mass is 398 g/mol. The van der Waals surface area contributed by atoms with Gasteiger partial charge in [-0.05, 0) is 35.4 Å². The number of hydrogen-bond donors (Lipinski definition) is 1. The lowest BCUT2D eigenvalue weighted by Crippen LogP contribution is -2.08. The van der Waals surface area contributed by atoms with Crippen molar-refractivity contribution in [2.24, 2.45) is 0 Å². The number of nitrogens with zero attached hydrogens (tertiary/aromatic N) is 1. The molecule has 1 N–H and O–H groups in total. The molecule has 0 amide bonds. The summed E-state index contributed by atoms with van der Waals surface area (Å²) in [6.07, 6.45) is 0. The molecular weight excluding hydrogens is 383 g/mol. The Balaban J connectivity index is 1.62. The van der Waals surface area contributed by atoms with Crippen LogP contribution in [0.1, 0.15) is 5.56 Å². The van der Waals surface area contributed by atoms with Crippen molar-refractivity contribution in [2.75, 3.05) is 7.11 Å². The number of hydrogen-bond acceptors (Lipinski definition) is 5. The molecule has 7 heteroatoms. The van der Waals surface area contributed by atoms with Crippen LogP contribution in [0.25, 0.3) is 21.3 Å². The molecule has 136 valence electrons. The molecule has 0 bridgehead atoms. The molecule has 27 heavy (non-hydrogen) atoms. The summed E-state index contributed by atoms with van der Waals surface area (Å²) >= 11 is 2.87. The van der Waals surface area contributed by atoms with Crippen LogP contribution >= 0.6 is 23.1 Å². The van der Waals surface area contributed by atoms with E-state index in [0.29, 0.717) is 21.1 Å². The Hall–Kier alpha value is -2.64. The first-order valence-corrected chi connectivity index (χ1v) is 10.0. The predicted octanol–water partition coefficient (Wildman–Crippen LogP) is 5.09. The first-order valence-electron chi connectivity index (χ1n) is 8.17. The van der Waals surface area contributed by atoms with Crippen molar-refractivity contribution in [1.29, 1.82) is 0 Å². The number of fused-ring (bicyclic) bond motifs is 1. The molecule has 4 nitrogen and oxygen atoms in total. The number of ether oxygens (including phenoxy) is 1. The lowest BCUT2D eigenvalue weighted by molar-refractivity contribution is 0.414. The van der Waals surface area contributed by atoms with Crippen LogP contribution in [0.15, 0.2) is 63.9 Å². The molecule has 0 saturated heterocycles. The molecule has 2 heterocycles. The topological polar surface area (TPSA) is 55.0 Å². The molecule has 4 rings (SSSR count). The number of halogens is 1. The van der Waals surface area contributed by atoms with Crippen LogP contribution in [0.3, 0.4) is 0 Å². The Morgan fingerprint density at radius 1 is 1.22 bits per heavy atom. The molecule has 0 fully saturated rings. The van der Waals surface area contributed by atoms with Gasteiger partial charge in [-0.1, -0.05) is 36.0 Å². The van der Waals surface area contributed by atoms with Gasteiger partial charge in [-0.2, -0.15) is 0 Å². The maximum Gasteiger partial charge on any atom is 0.260 e. The number of nitrogens with one attached hydrogen (secondary N) is 1. The maximum absolute atomic E-state index is 13.2. The third-order valence-electron chi connectivity index (χ3n) is 4.09. The van der Waals surface area contributed by atoms with E-state index in [9.17, 15) is 9.18 Å². The van der Waals surface area contributed by atoms with Gasteiger partial charge in [-0.15, -0.1) is 11.3 Å². The van der Waals surface area contributed by atoms with Gasteiger partial charge >= 0.3 is 0 Å². The molecule has 0 saturated carbocycles. The molecule has 0 aliphatic carbocycles. The van der Waals surface area contributed by atoms with Gasteiger partial charge in [0.15, 0.2) is 5.16 Å². The van der Waals surface area contributed by atoms with Crippen LogP contribution in [0, 0.1) is 5.82 Å². The normalized spacial score (nSPS) is 11.0. The van der Waals surface area contributed by atoms with E-state index in [0.717, 1.165) is 22.4 Å². The molecule has 0 radical (unpaired) electrons. The summed E-state index contributed by atoms with van der Waals surface area (Å²) < 4.78 is 18.4. The Labute approximate surface area is 163 Å². The number of rotatable bonds is 5. The maximum atomic E-state index is 13.2. The fourth-order valence-corrected chi connectivity index (χ4v) is 4.56. The third kappa shape index (κ3) is 3.74. The minimum absolute atomic E-state index is 0.186. The van der Waals surface area contributed by atoms with E-state index < -0.39 is 0 Å². The lowest BCUT2D eigenvalue weighted by Gasteiger charge is -2.05. The molecule has 0 spiro atoms. The van der Waals surface area contributed by atoms with Crippen molar-refractivity contribution >= 4 is 33.3 Å². The number of aromatic amines is 1. The third-order valence-corrected chi connectivity index (χ3v) is 5.90. The second-order valence-electron chi connectivity index (χ2n) is 5.85. The van der Waals surface area contributed by atoms with Crippen molar-refractivity contribution in [3.8, 4) is 16.9 Å². The number of thiophene rings is 1. The van der Waals surface area contributed by atoms with Gasteiger partial charge in [0.05, 0.1) is 12.5 Å². The van der Waals surface area contributed by atoms with E-state index in [4.69, 9.17) is 4.74 Å². The van der Waals surface area contributed by atoms with E-state index in [1.165, 1.54) is 35.2 Å². The molecule has 0 aliphatic rings. The van der Waals surface area contributed by atoms with Crippen LogP contribution in [0.5, 0.6) is 5.75 Å². The number of methoxy groups -OCH3 is 1. The van der Waals surface area contributed by atoms with E-state index in [1.807, 2.05) is 29.6 Å². The first kappa shape index (κ1) is 17.8. The first-order chi connectivity index (χ1) is 13.1. The highest BCUT2D eigenvalue weighted by atomic mass is 32.2. The van der Waals surface area contributed by atoms with E-state index in [1.54, 1.807) is 19.2 Å². The highest BCUT2D eigenvalue weighted by Gasteiger charge is 2.13. The van der Waals surface area contributed by atoms with Gasteiger partial charge < -0.3 is 9.72 Å². The minimum atomic E-state index is -0.304. The van der Waals surface area contributed by atoms with Crippen molar-refractivity contribution in [3.05, 3.63) is 75.6 Å². The van der Waals surface area contributed by atoms with Crippen molar-refractivity contribution in [2.45, 2.75) is 10.9 Å². The second-order valence-corrected chi connectivity index (χ2v) is 7.67. The highest BCUT2D eigenvalue weighted by molar-refractivity contribution is 7.98. The van der Waals surface area contributed by atoms with E-state index in [2.05, 4.69) is 9.97 Å². The largest absolute Gasteiger partial charge is 0.497 e. The molecule has 0 aliphatic heterocycles. The van der Waals surface area contributed by atoms with Gasteiger partial charge in [0, 0.05) is 16.7 Å². The molecule has 0 atom stereocenters. The van der Waals surface area contributed by atoms with Crippen LogP contribution in [0.4, 0.5) is 4.39 Å². The van der Waals surface area contributed by atoms with Gasteiger partial charge in [0.25, 0.3) is 5.56 Å². The fourth-order valence-electron chi connectivity index (χ4n) is 2.75. The zero-order valence-electron chi connectivity index (χ0n) is 14.4. The zero-order valence-corrected chi connectivity index (χ0v) is 16.0. The second kappa shape index (κ2) is 7.54. The smallest absolute Gasteiger partial charge is 0.260 e. The van der Waals surface area contributed by atoms with Crippen LogP contribution in [-0.4, -0.2) is 17.1 Å². The summed E-state index contributed by atoms with van der Waals surface area (Å²) in [4.78, 5) is 20.7. The fraction of sp³-hybridized carbons (Fsp3) is 0.100. The SMILES string of the molecule is COc1cccc(CSc2nc3scc(-c4ccc(F)cc4)c3c(=O)[nH]2)c1. The van der Waals surface area contributed by atoms with Crippen molar-refractivity contribution in [1.82, 2.24) is 9.97 Å². The summed E-state index contributed by atoms with van der Waals surface area (Å²) in [6, 6.07) is 13.9. The standard InChI is InChI=1S/C20H15FN2O2S2/c1-25-15-4-2-3-12(9-15)10-27-20-22-18(24)17-16(11-26-19(17)23-20)13-5-7-14(21)8-6-13/h2-9,11H,10H2,1H3,(H,22,23,24). The molecular formula is C20H15FN2O2S2. The summed E-state index contributed by atoms with van der Waals surface area (Å²) in [7, 11) is 1.63. The van der Waals surface area contributed by atoms with Gasteiger partial charge in [-0.3, -0.25) is 4.79 Å². The van der Waals surface area contributed by atoms with Crippen LogP contribution in [0.2, 0.25) is 0 Å². The number of thioether (sulfide) groups is 1. The average molecular weight is 398 g/mol. The summed E-state index contributed by atoms with van der Waals surface area (Å²) in [6.45, 7) is 0. The summed E-state index contributed by atoms with van der Waals surface area (Å²) in [5.74, 6) is 1.16. The highest BCUT2D eigenvalue weighted by Crippen LogP contribution is 2.32. The van der Waals surface area contributed by atoms with E-state index >= 15 is 0 Å². The van der Waals surface area contributed by atoms with Crippen LogP contribution < -0.4 is 10.3 Å². The molecule has 0 unspecified atom stereocenters. The number of benzene rings is 2. The zero-order chi connectivity index (χ0) is 18.8. The Bertz CT molecular complexity index is 1150. The van der Waals surface area contributed by atoms with E-state index in [-0.39, 0.29) is 11.4 Å². The number of H-pyrrole nitrogens is 1. The van der Waals surface area contributed by atoms with Crippen molar-refractivity contribution in [3.63, 3.8) is 0 Å². The summed E-state index contributed by atoms with van der Waals surface area (Å²) in [5.41, 5.74) is 2.47. The molecule has 2 aromatic carbocycles. The Morgan fingerprint density at radius 2 is 2.04 bits per heavy atom. The molecule has 2 aromatic heterocycles. The van der Waals surface area contributed by atoms with Crippen LogP contribution in [-0.2, 0) is 5.75 Å².